The number of unbranched alkanes of at least 4 members (excludes halogenated alkanes) is 1. The molecular formula is C8H10N2O2. The molecule has 0 saturated carbocycles. The van der Waals surface area contributed by atoms with Crippen LogP contribution in [0.25, 0.3) is 0 Å². The van der Waals surface area contributed by atoms with E-state index in [9.17, 15) is 9.59 Å². The fraction of sp³-hybridized carbons (Fsp3) is 0.500. The second-order valence-corrected chi connectivity index (χ2v) is 2.51. The van der Waals surface area contributed by atoms with Crippen molar-refractivity contribution >= 4 is 11.9 Å². The van der Waals surface area contributed by atoms with Crippen molar-refractivity contribution in [2.75, 3.05) is 13.1 Å². The molecule has 0 aromatic carbocycles. The third kappa shape index (κ3) is 1.76. The van der Waals surface area contributed by atoms with E-state index in [2.05, 4.69) is 11.2 Å². The van der Waals surface area contributed by atoms with E-state index in [-0.39, 0.29) is 18.5 Å². The van der Waals surface area contributed by atoms with Crippen LogP contribution in [0.1, 0.15) is 12.8 Å². The van der Waals surface area contributed by atoms with Gasteiger partial charge in [0.2, 0.25) is 5.91 Å². The summed E-state index contributed by atoms with van der Waals surface area (Å²) >= 11 is 0. The second kappa shape index (κ2) is 3.77. The van der Waals surface area contributed by atoms with Gasteiger partial charge < -0.3 is 5.32 Å². The van der Waals surface area contributed by atoms with Gasteiger partial charge in [-0.15, -0.1) is 12.3 Å². The number of carbonyl (C=O) groups is 2. The Hall–Kier alpha value is -1.50. The molecule has 4 nitrogen and oxygen atoms in total. The van der Waals surface area contributed by atoms with Crippen molar-refractivity contribution in [2.45, 2.75) is 12.8 Å². The van der Waals surface area contributed by atoms with E-state index in [1.54, 1.807) is 0 Å². The van der Waals surface area contributed by atoms with Gasteiger partial charge in [-0.3, -0.25) is 9.69 Å². The maximum Gasteiger partial charge on any atom is 0.324 e. The number of hydrogen-bond donors (Lipinski definition) is 1. The third-order valence-corrected chi connectivity index (χ3v) is 1.64. The molecule has 0 spiro atoms. The minimum Gasteiger partial charge on any atom is -0.329 e. The van der Waals surface area contributed by atoms with Crippen LogP contribution < -0.4 is 5.32 Å². The Balaban J connectivity index is 2.36. The van der Waals surface area contributed by atoms with E-state index in [1.165, 1.54) is 4.90 Å². The lowest BCUT2D eigenvalue weighted by Crippen LogP contribution is -2.31. The van der Waals surface area contributed by atoms with Gasteiger partial charge in [0.15, 0.2) is 0 Å². The van der Waals surface area contributed by atoms with Crippen LogP contribution in [0, 0.1) is 12.3 Å². The lowest BCUT2D eigenvalue weighted by molar-refractivity contribution is -0.125. The van der Waals surface area contributed by atoms with E-state index in [4.69, 9.17) is 6.42 Å². The summed E-state index contributed by atoms with van der Waals surface area (Å²) in [6, 6.07) is -0.308. The molecule has 4 heteroatoms. The molecule has 1 fully saturated rings. The van der Waals surface area contributed by atoms with Gasteiger partial charge in [-0.05, 0) is 6.42 Å². The summed E-state index contributed by atoms with van der Waals surface area (Å²) in [5.41, 5.74) is 0. The first-order valence-corrected chi connectivity index (χ1v) is 3.77. The Morgan fingerprint density at radius 2 is 2.33 bits per heavy atom. The van der Waals surface area contributed by atoms with E-state index in [0.717, 1.165) is 0 Å². The molecule has 0 atom stereocenters. The molecule has 0 aromatic rings. The molecule has 1 saturated heterocycles. The summed E-state index contributed by atoms with van der Waals surface area (Å²) in [6.07, 6.45) is 6.30. The Bertz CT molecular complexity index is 226. The van der Waals surface area contributed by atoms with Crippen LogP contribution in [0.15, 0.2) is 0 Å². The summed E-state index contributed by atoms with van der Waals surface area (Å²) in [5.74, 6) is 2.28. The van der Waals surface area contributed by atoms with Gasteiger partial charge in [-0.25, -0.2) is 4.79 Å². The molecule has 12 heavy (non-hydrogen) atoms. The number of imide groups is 1. The third-order valence-electron chi connectivity index (χ3n) is 1.64. The number of carbonyl (C=O) groups excluding carboxylic acids is 2. The van der Waals surface area contributed by atoms with Crippen LogP contribution in [0.2, 0.25) is 0 Å². The molecule has 1 heterocycles. The van der Waals surface area contributed by atoms with Crippen molar-refractivity contribution in [3.8, 4) is 12.3 Å². The van der Waals surface area contributed by atoms with Crippen LogP contribution in [0.3, 0.4) is 0 Å². The predicted octanol–water partition coefficient (Wildman–Crippen LogP) is -0.0484. The number of hydrogen-bond acceptors (Lipinski definition) is 2. The largest absolute Gasteiger partial charge is 0.329 e. The topological polar surface area (TPSA) is 49.4 Å². The van der Waals surface area contributed by atoms with E-state index < -0.39 is 0 Å². The van der Waals surface area contributed by atoms with Crippen molar-refractivity contribution in [3.63, 3.8) is 0 Å². The smallest absolute Gasteiger partial charge is 0.324 e. The van der Waals surface area contributed by atoms with Crippen molar-refractivity contribution in [1.82, 2.24) is 10.2 Å². The molecule has 0 radical (unpaired) electrons. The Kier molecular flexibility index (Phi) is 2.70. The summed E-state index contributed by atoms with van der Waals surface area (Å²) in [5, 5.41) is 2.43. The van der Waals surface area contributed by atoms with Crippen LogP contribution in [-0.4, -0.2) is 29.9 Å². The van der Waals surface area contributed by atoms with Gasteiger partial charge in [0.25, 0.3) is 0 Å². The highest BCUT2D eigenvalue weighted by Gasteiger charge is 2.27. The number of amides is 3. The SMILES string of the molecule is C#CCCCN1C(=O)CNC1=O. The molecule has 1 rings (SSSR count). The van der Waals surface area contributed by atoms with Gasteiger partial charge >= 0.3 is 6.03 Å². The zero-order chi connectivity index (χ0) is 8.97. The molecule has 0 unspecified atom stereocenters. The lowest BCUT2D eigenvalue weighted by Gasteiger charge is -2.09. The average Bonchev–Trinajstić information content (AvgIpc) is 2.35. The molecule has 0 aromatic heterocycles. The van der Waals surface area contributed by atoms with Crippen LogP contribution >= 0.6 is 0 Å². The molecule has 0 aliphatic carbocycles. The molecule has 0 bridgehead atoms. The van der Waals surface area contributed by atoms with Crippen molar-refractivity contribution in [2.24, 2.45) is 0 Å². The number of nitrogens with zero attached hydrogens (tertiary/aromatic N) is 1. The van der Waals surface area contributed by atoms with Crippen molar-refractivity contribution in [3.05, 3.63) is 0 Å². The Morgan fingerprint density at radius 3 is 2.83 bits per heavy atom. The number of urea groups is 1. The van der Waals surface area contributed by atoms with Gasteiger partial charge in [0.1, 0.15) is 0 Å². The summed E-state index contributed by atoms with van der Waals surface area (Å²) < 4.78 is 0. The van der Waals surface area contributed by atoms with Gasteiger partial charge in [-0.2, -0.15) is 0 Å². The second-order valence-electron chi connectivity index (χ2n) is 2.51. The van der Waals surface area contributed by atoms with Gasteiger partial charge in [-0.1, -0.05) is 0 Å². The van der Waals surface area contributed by atoms with E-state index in [1.807, 2.05) is 0 Å². The first-order valence-electron chi connectivity index (χ1n) is 3.77. The summed E-state index contributed by atoms with van der Waals surface area (Å²) in [6.45, 7) is 0.545. The van der Waals surface area contributed by atoms with Crippen molar-refractivity contribution in [1.29, 1.82) is 0 Å². The zero-order valence-electron chi connectivity index (χ0n) is 6.67. The normalized spacial score (nSPS) is 16.1. The molecule has 1 aliphatic heterocycles. The number of nitrogens with one attached hydrogen (secondary N) is 1. The number of rotatable bonds is 3. The number of terminal acetylenes is 1. The van der Waals surface area contributed by atoms with Gasteiger partial charge in [0, 0.05) is 13.0 Å². The average molecular weight is 166 g/mol. The maximum absolute atomic E-state index is 11.0. The van der Waals surface area contributed by atoms with Crippen LogP contribution in [0.4, 0.5) is 4.79 Å². The van der Waals surface area contributed by atoms with E-state index in [0.29, 0.717) is 19.4 Å². The zero-order valence-corrected chi connectivity index (χ0v) is 6.67. The minimum absolute atomic E-state index is 0.120. The van der Waals surface area contributed by atoms with Crippen molar-refractivity contribution < 1.29 is 9.59 Å². The molecule has 64 valence electrons. The molecule has 1 aliphatic rings. The molecule has 3 amide bonds. The minimum atomic E-state index is -0.308. The lowest BCUT2D eigenvalue weighted by atomic mass is 10.3. The first kappa shape index (κ1) is 8.60. The molecule has 1 N–H and O–H groups in total. The van der Waals surface area contributed by atoms with Crippen LogP contribution in [0.5, 0.6) is 0 Å². The van der Waals surface area contributed by atoms with Gasteiger partial charge in [0.05, 0.1) is 6.54 Å². The predicted molar refractivity (Wildman–Crippen MR) is 43.2 cm³/mol. The summed E-state index contributed by atoms with van der Waals surface area (Å²) in [7, 11) is 0. The first-order chi connectivity index (χ1) is 5.75. The highest BCUT2D eigenvalue weighted by atomic mass is 16.2. The standard InChI is InChI=1S/C8H10N2O2/c1-2-3-4-5-10-7(11)6-9-8(10)12/h1H,3-6H2,(H,9,12). The monoisotopic (exact) mass is 166 g/mol. The Morgan fingerprint density at radius 1 is 1.58 bits per heavy atom. The quantitative estimate of drug-likeness (QED) is 0.363. The molecular weight excluding hydrogens is 156 g/mol. The highest BCUT2D eigenvalue weighted by Crippen LogP contribution is 2.01. The fourth-order valence-electron chi connectivity index (χ4n) is 1.02. The summed E-state index contributed by atoms with van der Waals surface area (Å²) in [4.78, 5) is 23.1. The maximum atomic E-state index is 11.0. The Labute approximate surface area is 70.9 Å². The highest BCUT2D eigenvalue weighted by molar-refractivity contribution is 6.01. The van der Waals surface area contributed by atoms with E-state index >= 15 is 0 Å². The fourth-order valence-corrected chi connectivity index (χ4v) is 1.02. The van der Waals surface area contributed by atoms with Crippen LogP contribution in [-0.2, 0) is 4.79 Å².